The van der Waals surface area contributed by atoms with E-state index in [-0.39, 0.29) is 11.5 Å². The summed E-state index contributed by atoms with van der Waals surface area (Å²) in [5.74, 6) is 0.720. The molecule has 4 aromatic rings. The van der Waals surface area contributed by atoms with Gasteiger partial charge in [0.2, 0.25) is 0 Å². The van der Waals surface area contributed by atoms with Crippen molar-refractivity contribution in [1.82, 2.24) is 4.98 Å². The van der Waals surface area contributed by atoms with Gasteiger partial charge in [-0.3, -0.25) is 0 Å². The summed E-state index contributed by atoms with van der Waals surface area (Å²) >= 11 is 0. The normalized spacial score (nSPS) is 16.6. The SMILES string of the molecule is CC1CCc2c(c(-c3ccc(O)cc3O)nc3ccc4ccccc4c23)C1. The van der Waals surface area contributed by atoms with E-state index in [1.807, 2.05) is 0 Å². The quantitative estimate of drug-likeness (QED) is 0.438. The number of phenolic OH excluding ortho intramolecular Hbond substituents is 2. The maximum Gasteiger partial charge on any atom is 0.128 e. The lowest BCUT2D eigenvalue weighted by atomic mass is 9.80. The van der Waals surface area contributed by atoms with Crippen molar-refractivity contribution in [2.45, 2.75) is 26.2 Å². The predicted octanol–water partition coefficient (Wildman–Crippen LogP) is 5.59. The van der Waals surface area contributed by atoms with Crippen LogP contribution in [0, 0.1) is 5.92 Å². The van der Waals surface area contributed by atoms with Gasteiger partial charge in [0.1, 0.15) is 11.5 Å². The third-order valence-corrected chi connectivity index (χ3v) is 5.77. The van der Waals surface area contributed by atoms with Crippen molar-refractivity contribution in [2.24, 2.45) is 5.92 Å². The topological polar surface area (TPSA) is 53.4 Å². The number of aryl methyl sites for hydroxylation is 1. The van der Waals surface area contributed by atoms with Crippen LogP contribution in [0.5, 0.6) is 11.5 Å². The van der Waals surface area contributed by atoms with Crippen molar-refractivity contribution in [1.29, 1.82) is 0 Å². The molecule has 1 unspecified atom stereocenters. The van der Waals surface area contributed by atoms with Crippen LogP contribution in [0.1, 0.15) is 24.5 Å². The Kier molecular flexibility index (Phi) is 3.57. The van der Waals surface area contributed by atoms with Crippen molar-refractivity contribution in [3.63, 3.8) is 0 Å². The van der Waals surface area contributed by atoms with Gasteiger partial charge in [-0.25, -0.2) is 4.98 Å². The van der Waals surface area contributed by atoms with E-state index in [9.17, 15) is 10.2 Å². The Morgan fingerprint density at radius 3 is 2.67 bits per heavy atom. The molecule has 0 amide bonds. The van der Waals surface area contributed by atoms with Gasteiger partial charge in [-0.1, -0.05) is 37.3 Å². The Balaban J connectivity index is 1.90. The van der Waals surface area contributed by atoms with Gasteiger partial charge in [-0.15, -0.1) is 0 Å². The molecule has 0 aliphatic heterocycles. The van der Waals surface area contributed by atoms with Crippen molar-refractivity contribution in [3.05, 3.63) is 65.7 Å². The summed E-state index contributed by atoms with van der Waals surface area (Å²) in [5, 5.41) is 23.9. The van der Waals surface area contributed by atoms with Gasteiger partial charge < -0.3 is 10.2 Å². The fraction of sp³-hybridized carbons (Fsp3) is 0.208. The van der Waals surface area contributed by atoms with E-state index in [1.165, 1.54) is 33.4 Å². The van der Waals surface area contributed by atoms with Crippen molar-refractivity contribution < 1.29 is 10.2 Å². The van der Waals surface area contributed by atoms with Crippen LogP contribution in [0.2, 0.25) is 0 Å². The Hall–Kier alpha value is -3.07. The number of benzene rings is 3. The third-order valence-electron chi connectivity index (χ3n) is 5.77. The largest absolute Gasteiger partial charge is 0.508 e. The number of phenols is 2. The first-order chi connectivity index (χ1) is 13.1. The van der Waals surface area contributed by atoms with Gasteiger partial charge in [0, 0.05) is 17.0 Å². The monoisotopic (exact) mass is 355 g/mol. The van der Waals surface area contributed by atoms with Crippen LogP contribution in [0.3, 0.4) is 0 Å². The van der Waals surface area contributed by atoms with E-state index in [0.717, 1.165) is 30.5 Å². The number of aromatic hydroxyl groups is 2. The average molecular weight is 355 g/mol. The summed E-state index contributed by atoms with van der Waals surface area (Å²) in [6.07, 6.45) is 3.14. The first kappa shape index (κ1) is 16.1. The molecule has 1 heterocycles. The van der Waals surface area contributed by atoms with Crippen LogP contribution in [0.15, 0.2) is 54.6 Å². The number of pyridine rings is 1. The van der Waals surface area contributed by atoms with Crippen molar-refractivity contribution >= 4 is 21.7 Å². The van der Waals surface area contributed by atoms with Crippen molar-refractivity contribution in [3.8, 4) is 22.8 Å². The lowest BCUT2D eigenvalue weighted by Gasteiger charge is -2.26. The molecule has 27 heavy (non-hydrogen) atoms. The molecule has 0 spiro atoms. The zero-order valence-corrected chi connectivity index (χ0v) is 15.2. The Bertz CT molecular complexity index is 1200. The van der Waals surface area contributed by atoms with E-state index >= 15 is 0 Å². The molecule has 134 valence electrons. The number of hydrogen-bond donors (Lipinski definition) is 2. The van der Waals surface area contributed by atoms with E-state index in [2.05, 4.69) is 43.3 Å². The molecule has 1 atom stereocenters. The summed E-state index contributed by atoms with van der Waals surface area (Å²) in [6.45, 7) is 2.27. The molecule has 3 aromatic carbocycles. The zero-order chi connectivity index (χ0) is 18.5. The highest BCUT2D eigenvalue weighted by atomic mass is 16.3. The van der Waals surface area contributed by atoms with Crippen molar-refractivity contribution in [2.75, 3.05) is 0 Å². The summed E-state index contributed by atoms with van der Waals surface area (Å²) in [4.78, 5) is 4.99. The highest BCUT2D eigenvalue weighted by Gasteiger charge is 2.24. The minimum absolute atomic E-state index is 0.0604. The second-order valence-corrected chi connectivity index (χ2v) is 7.65. The summed E-state index contributed by atoms with van der Waals surface area (Å²) in [6, 6.07) is 17.4. The van der Waals surface area contributed by atoms with Gasteiger partial charge in [-0.05, 0) is 65.3 Å². The van der Waals surface area contributed by atoms with Crippen LogP contribution in [0.4, 0.5) is 0 Å². The standard InChI is InChI=1S/C24H21NO2/c1-14-6-9-18-20(12-14)24(19-10-8-16(26)13-22(19)27)25-21-11-7-15-4-2-3-5-17(15)23(18)21/h2-5,7-8,10-11,13-14,26-27H,6,9,12H2,1H3. The third kappa shape index (κ3) is 2.54. The highest BCUT2D eigenvalue weighted by molar-refractivity contribution is 6.09. The minimum Gasteiger partial charge on any atom is -0.508 e. The lowest BCUT2D eigenvalue weighted by Crippen LogP contribution is -2.14. The molecular formula is C24H21NO2. The van der Waals surface area contributed by atoms with E-state index < -0.39 is 0 Å². The fourth-order valence-corrected chi connectivity index (χ4v) is 4.43. The Morgan fingerprint density at radius 1 is 0.963 bits per heavy atom. The van der Waals surface area contributed by atoms with Crippen LogP contribution in [-0.4, -0.2) is 15.2 Å². The number of fused-ring (bicyclic) bond motifs is 5. The maximum absolute atomic E-state index is 10.5. The Labute approximate surface area is 157 Å². The molecule has 0 saturated carbocycles. The lowest BCUT2D eigenvalue weighted by molar-refractivity contribution is 0.451. The summed E-state index contributed by atoms with van der Waals surface area (Å²) in [7, 11) is 0. The molecule has 3 nitrogen and oxygen atoms in total. The van der Waals surface area contributed by atoms with Gasteiger partial charge >= 0.3 is 0 Å². The molecule has 3 heteroatoms. The second-order valence-electron chi connectivity index (χ2n) is 7.65. The smallest absolute Gasteiger partial charge is 0.128 e. The molecule has 1 aromatic heterocycles. The van der Waals surface area contributed by atoms with E-state index in [4.69, 9.17) is 4.98 Å². The minimum atomic E-state index is 0.0604. The predicted molar refractivity (Wildman–Crippen MR) is 109 cm³/mol. The van der Waals surface area contributed by atoms with Gasteiger partial charge in [0.05, 0.1) is 11.2 Å². The number of nitrogens with zero attached hydrogens (tertiary/aromatic N) is 1. The maximum atomic E-state index is 10.5. The average Bonchev–Trinajstić information content (AvgIpc) is 2.67. The van der Waals surface area contributed by atoms with Crippen LogP contribution >= 0.6 is 0 Å². The summed E-state index contributed by atoms with van der Waals surface area (Å²) in [5.41, 5.74) is 5.09. The molecule has 0 bridgehead atoms. The van der Waals surface area contributed by atoms with E-state index in [0.29, 0.717) is 11.5 Å². The molecule has 1 aliphatic carbocycles. The molecule has 5 rings (SSSR count). The zero-order valence-electron chi connectivity index (χ0n) is 15.2. The van der Waals surface area contributed by atoms with Crippen LogP contribution in [0.25, 0.3) is 32.9 Å². The number of aromatic nitrogens is 1. The fourth-order valence-electron chi connectivity index (χ4n) is 4.43. The molecule has 1 aliphatic rings. The first-order valence-electron chi connectivity index (χ1n) is 9.47. The van der Waals surface area contributed by atoms with Gasteiger partial charge in [0.15, 0.2) is 0 Å². The molecular weight excluding hydrogens is 334 g/mol. The molecule has 2 N–H and O–H groups in total. The van der Waals surface area contributed by atoms with Crippen LogP contribution < -0.4 is 0 Å². The van der Waals surface area contributed by atoms with E-state index in [1.54, 1.807) is 12.1 Å². The molecule has 0 fully saturated rings. The first-order valence-corrected chi connectivity index (χ1v) is 9.47. The second kappa shape index (κ2) is 5.98. The van der Waals surface area contributed by atoms with Gasteiger partial charge in [-0.2, -0.15) is 0 Å². The van der Waals surface area contributed by atoms with Gasteiger partial charge in [0.25, 0.3) is 0 Å². The highest BCUT2D eigenvalue weighted by Crippen LogP contribution is 2.42. The summed E-state index contributed by atoms with van der Waals surface area (Å²) < 4.78 is 0. The van der Waals surface area contributed by atoms with Crippen LogP contribution in [-0.2, 0) is 12.8 Å². The number of hydrogen-bond acceptors (Lipinski definition) is 3. The number of rotatable bonds is 1. The molecule has 0 saturated heterocycles. The molecule has 0 radical (unpaired) electrons. The Morgan fingerprint density at radius 2 is 1.81 bits per heavy atom.